The summed E-state index contributed by atoms with van der Waals surface area (Å²) in [6.07, 6.45) is 0. The molecule has 0 radical (unpaired) electrons. The fourth-order valence-corrected chi connectivity index (χ4v) is 3.18. The number of nitrogens with zero attached hydrogens (tertiary/aromatic N) is 4. The normalized spacial score (nSPS) is 10.6. The first-order chi connectivity index (χ1) is 14.6. The molecule has 0 spiro atoms. The molecule has 7 heteroatoms. The molecule has 0 aliphatic heterocycles. The molecule has 1 heterocycles. The lowest BCUT2D eigenvalue weighted by atomic mass is 10.1. The predicted octanol–water partition coefficient (Wildman–Crippen LogP) is 4.53. The van der Waals surface area contributed by atoms with Crippen molar-refractivity contribution in [1.29, 1.82) is 0 Å². The van der Waals surface area contributed by atoms with Gasteiger partial charge >= 0.3 is 0 Å². The lowest BCUT2D eigenvalue weighted by Crippen LogP contribution is -2.46. The van der Waals surface area contributed by atoms with Crippen molar-refractivity contribution in [3.8, 4) is 11.3 Å². The van der Waals surface area contributed by atoms with Crippen molar-refractivity contribution in [1.82, 2.24) is 15.1 Å². The molecular weight excluding hydrogens is 400 g/mol. The van der Waals surface area contributed by atoms with Gasteiger partial charge in [0.05, 0.1) is 5.69 Å². The van der Waals surface area contributed by atoms with Gasteiger partial charge in [-0.05, 0) is 48.5 Å². The van der Waals surface area contributed by atoms with Crippen LogP contribution in [0.15, 0.2) is 84.9 Å². The number of halogens is 1. The molecular formula is C23H17ClN4O2. The van der Waals surface area contributed by atoms with E-state index in [9.17, 15) is 9.59 Å². The number of rotatable bonds is 4. The van der Waals surface area contributed by atoms with E-state index >= 15 is 0 Å². The first-order valence-corrected chi connectivity index (χ1v) is 9.61. The van der Waals surface area contributed by atoms with Crippen LogP contribution in [0.5, 0.6) is 0 Å². The Morgan fingerprint density at radius 3 is 1.80 bits per heavy atom. The van der Waals surface area contributed by atoms with Crippen LogP contribution in [0, 0.1) is 6.92 Å². The smallest absolute Gasteiger partial charge is 0.267 e. The van der Waals surface area contributed by atoms with Gasteiger partial charge < -0.3 is 0 Å². The Morgan fingerprint density at radius 2 is 1.30 bits per heavy atom. The zero-order chi connectivity index (χ0) is 21.1. The molecule has 0 fully saturated rings. The second kappa shape index (κ2) is 8.31. The average Bonchev–Trinajstić information content (AvgIpc) is 3.16. The van der Waals surface area contributed by atoms with E-state index in [0.717, 1.165) is 10.6 Å². The van der Waals surface area contributed by atoms with E-state index in [2.05, 4.69) is 10.3 Å². The van der Waals surface area contributed by atoms with Crippen molar-refractivity contribution in [2.24, 2.45) is 0 Å². The maximum Gasteiger partial charge on any atom is 0.281 e. The highest BCUT2D eigenvalue weighted by Crippen LogP contribution is 2.23. The molecule has 1 aromatic heterocycles. The monoisotopic (exact) mass is 416 g/mol. The number of amides is 2. The molecule has 0 N–H and O–H groups in total. The fourth-order valence-electron chi connectivity index (χ4n) is 3.06. The van der Waals surface area contributed by atoms with Crippen LogP contribution in [0.25, 0.3) is 11.3 Å². The average molecular weight is 417 g/mol. The quantitative estimate of drug-likeness (QED) is 0.458. The minimum atomic E-state index is -0.500. The number of aromatic nitrogens is 3. The van der Waals surface area contributed by atoms with E-state index in [0.29, 0.717) is 27.5 Å². The Labute approximate surface area is 178 Å². The van der Waals surface area contributed by atoms with Crippen LogP contribution in [-0.2, 0) is 0 Å². The third-order valence-electron chi connectivity index (χ3n) is 4.61. The first-order valence-electron chi connectivity index (χ1n) is 9.23. The predicted molar refractivity (Wildman–Crippen MR) is 115 cm³/mol. The van der Waals surface area contributed by atoms with E-state index in [1.807, 2.05) is 12.1 Å². The lowest BCUT2D eigenvalue weighted by molar-refractivity contribution is 0.0846. The molecule has 148 valence electrons. The standard InChI is InChI=1S/C23H17ClN4O2/c1-16-21(17-12-14-20(24)15-13-17)25-26-28(16)27(22(29)18-8-4-2-5-9-18)23(30)19-10-6-3-7-11-19/h2-15H,1H3. The summed E-state index contributed by atoms with van der Waals surface area (Å²) in [5.41, 5.74) is 2.61. The van der Waals surface area contributed by atoms with Crippen LogP contribution in [0.1, 0.15) is 26.4 Å². The van der Waals surface area contributed by atoms with Gasteiger partial charge in [0.1, 0.15) is 5.69 Å². The topological polar surface area (TPSA) is 68.1 Å². The molecule has 4 aromatic rings. The molecule has 0 saturated carbocycles. The molecule has 3 aromatic carbocycles. The van der Waals surface area contributed by atoms with Crippen molar-refractivity contribution in [3.05, 3.63) is 107 Å². The van der Waals surface area contributed by atoms with E-state index in [-0.39, 0.29) is 0 Å². The molecule has 0 atom stereocenters. The Hall–Kier alpha value is -3.77. The van der Waals surface area contributed by atoms with Gasteiger partial charge in [-0.25, -0.2) is 0 Å². The van der Waals surface area contributed by atoms with Crippen molar-refractivity contribution in [3.63, 3.8) is 0 Å². The molecule has 0 bridgehead atoms. The molecule has 0 unspecified atom stereocenters. The number of benzene rings is 3. The van der Waals surface area contributed by atoms with Crippen LogP contribution < -0.4 is 5.01 Å². The van der Waals surface area contributed by atoms with Crippen LogP contribution >= 0.6 is 11.6 Å². The van der Waals surface area contributed by atoms with Gasteiger partial charge in [0.25, 0.3) is 11.8 Å². The second-order valence-electron chi connectivity index (χ2n) is 6.57. The fraction of sp³-hybridized carbons (Fsp3) is 0.0435. The van der Waals surface area contributed by atoms with Gasteiger partial charge in [0.15, 0.2) is 0 Å². The van der Waals surface area contributed by atoms with Gasteiger partial charge in [0.2, 0.25) is 0 Å². The summed E-state index contributed by atoms with van der Waals surface area (Å²) in [4.78, 5) is 27.8. The number of imide groups is 1. The molecule has 30 heavy (non-hydrogen) atoms. The summed E-state index contributed by atoms with van der Waals surface area (Å²) in [5, 5.41) is 9.95. The zero-order valence-electron chi connectivity index (χ0n) is 16.1. The van der Waals surface area contributed by atoms with E-state index in [4.69, 9.17) is 11.6 Å². The summed E-state index contributed by atoms with van der Waals surface area (Å²) < 4.78 is 0. The van der Waals surface area contributed by atoms with Gasteiger partial charge in [-0.1, -0.05) is 60.1 Å². The summed E-state index contributed by atoms with van der Waals surface area (Å²) in [5.74, 6) is -1.000. The summed E-state index contributed by atoms with van der Waals surface area (Å²) in [6, 6.07) is 24.3. The summed E-state index contributed by atoms with van der Waals surface area (Å²) in [7, 11) is 0. The van der Waals surface area contributed by atoms with Crippen LogP contribution in [-0.4, -0.2) is 26.9 Å². The minimum Gasteiger partial charge on any atom is -0.267 e. The number of carbonyl (C=O) groups excluding carboxylic acids is 2. The van der Waals surface area contributed by atoms with Crippen LogP contribution in [0.3, 0.4) is 0 Å². The highest BCUT2D eigenvalue weighted by atomic mass is 35.5. The van der Waals surface area contributed by atoms with Gasteiger partial charge in [0, 0.05) is 21.7 Å². The van der Waals surface area contributed by atoms with Gasteiger partial charge in [-0.15, -0.1) is 9.89 Å². The van der Waals surface area contributed by atoms with Gasteiger partial charge in [-0.2, -0.15) is 5.01 Å². The number of hydrogen-bond donors (Lipinski definition) is 0. The second-order valence-corrected chi connectivity index (χ2v) is 7.01. The van der Waals surface area contributed by atoms with E-state index in [1.165, 1.54) is 4.79 Å². The highest BCUT2D eigenvalue weighted by molar-refractivity contribution is 6.30. The Kier molecular flexibility index (Phi) is 5.41. The van der Waals surface area contributed by atoms with Crippen molar-refractivity contribution in [2.75, 3.05) is 5.01 Å². The molecule has 2 amide bonds. The maximum atomic E-state index is 13.3. The van der Waals surface area contributed by atoms with Crippen molar-refractivity contribution in [2.45, 2.75) is 6.92 Å². The van der Waals surface area contributed by atoms with E-state index in [1.54, 1.807) is 79.7 Å². The minimum absolute atomic E-state index is 0.365. The third-order valence-corrected chi connectivity index (χ3v) is 4.86. The SMILES string of the molecule is Cc1c(-c2ccc(Cl)cc2)nnn1N(C(=O)c1ccccc1)C(=O)c1ccccc1. The maximum absolute atomic E-state index is 13.3. The molecule has 4 rings (SSSR count). The molecule has 0 aliphatic carbocycles. The Morgan fingerprint density at radius 1 is 0.800 bits per heavy atom. The van der Waals surface area contributed by atoms with Crippen LogP contribution in [0.2, 0.25) is 5.02 Å². The molecule has 6 nitrogen and oxygen atoms in total. The third kappa shape index (κ3) is 3.73. The van der Waals surface area contributed by atoms with Crippen molar-refractivity contribution < 1.29 is 9.59 Å². The Balaban J connectivity index is 1.81. The van der Waals surface area contributed by atoms with E-state index < -0.39 is 11.8 Å². The summed E-state index contributed by atoms with van der Waals surface area (Å²) in [6.45, 7) is 1.76. The van der Waals surface area contributed by atoms with Crippen LogP contribution in [0.4, 0.5) is 0 Å². The Bertz CT molecular complexity index is 1140. The van der Waals surface area contributed by atoms with Crippen molar-refractivity contribution >= 4 is 23.4 Å². The number of carbonyl (C=O) groups is 2. The summed E-state index contributed by atoms with van der Waals surface area (Å²) >= 11 is 5.97. The highest BCUT2D eigenvalue weighted by Gasteiger charge is 2.29. The molecule has 0 aliphatic rings. The lowest BCUT2D eigenvalue weighted by Gasteiger charge is -2.21. The first kappa shape index (κ1) is 19.5. The van der Waals surface area contributed by atoms with Gasteiger partial charge in [-0.3, -0.25) is 9.59 Å². The largest absolute Gasteiger partial charge is 0.281 e. The zero-order valence-corrected chi connectivity index (χ0v) is 16.8. The number of hydrogen-bond acceptors (Lipinski definition) is 4. The molecule has 0 saturated heterocycles.